The molecule has 0 radical (unpaired) electrons. The van der Waals surface area contributed by atoms with Gasteiger partial charge in [-0.15, -0.1) is 0 Å². The van der Waals surface area contributed by atoms with Crippen LogP contribution < -0.4 is 4.74 Å². The van der Waals surface area contributed by atoms with Crippen LogP contribution in [0.2, 0.25) is 0 Å². The number of carbonyl (C=O) groups excluding carboxylic acids is 1. The molecule has 3 heteroatoms. The number of benzene rings is 1. The SMILES string of the molecule is CC.CC(=O)Oc1ccc(F)cc1. The molecule has 0 spiro atoms. The summed E-state index contributed by atoms with van der Waals surface area (Å²) in [6.45, 7) is 5.29. The van der Waals surface area contributed by atoms with Crippen LogP contribution in [0.4, 0.5) is 4.39 Å². The maximum Gasteiger partial charge on any atom is 0.308 e. The van der Waals surface area contributed by atoms with Crippen molar-refractivity contribution in [2.45, 2.75) is 20.8 Å². The van der Waals surface area contributed by atoms with Gasteiger partial charge in [-0.1, -0.05) is 13.8 Å². The minimum absolute atomic E-state index is 0.346. The molecule has 2 nitrogen and oxygen atoms in total. The molecule has 0 fully saturated rings. The summed E-state index contributed by atoms with van der Waals surface area (Å²) in [5, 5.41) is 0. The molecule has 0 N–H and O–H groups in total. The van der Waals surface area contributed by atoms with E-state index in [2.05, 4.69) is 4.74 Å². The van der Waals surface area contributed by atoms with Gasteiger partial charge < -0.3 is 4.74 Å². The summed E-state index contributed by atoms with van der Waals surface area (Å²) in [5.74, 6) is -0.392. The van der Waals surface area contributed by atoms with Crippen LogP contribution in [0.1, 0.15) is 20.8 Å². The van der Waals surface area contributed by atoms with Crippen LogP contribution in [0.3, 0.4) is 0 Å². The maximum atomic E-state index is 12.3. The van der Waals surface area contributed by atoms with Gasteiger partial charge in [0, 0.05) is 6.92 Å². The average molecular weight is 184 g/mol. The largest absolute Gasteiger partial charge is 0.427 e. The Balaban J connectivity index is 0.000000671. The third-order valence-corrected chi connectivity index (χ3v) is 1.08. The van der Waals surface area contributed by atoms with E-state index in [1.165, 1.54) is 31.2 Å². The summed E-state index contributed by atoms with van der Waals surface area (Å²) >= 11 is 0. The molecular weight excluding hydrogens is 171 g/mol. The number of hydrogen-bond acceptors (Lipinski definition) is 2. The average Bonchev–Trinajstić information content (AvgIpc) is 2.12. The lowest BCUT2D eigenvalue weighted by atomic mass is 10.3. The Hall–Kier alpha value is -1.38. The maximum absolute atomic E-state index is 12.3. The highest BCUT2D eigenvalue weighted by Gasteiger charge is 1.96. The van der Waals surface area contributed by atoms with Crippen molar-refractivity contribution in [3.8, 4) is 5.75 Å². The Labute approximate surface area is 77.3 Å². The molecule has 72 valence electrons. The Morgan fingerprint density at radius 2 is 1.69 bits per heavy atom. The minimum atomic E-state index is -0.406. The van der Waals surface area contributed by atoms with Crippen LogP contribution in [-0.4, -0.2) is 5.97 Å². The fourth-order valence-electron chi connectivity index (χ4n) is 0.669. The van der Waals surface area contributed by atoms with Gasteiger partial charge in [-0.25, -0.2) is 4.39 Å². The Kier molecular flexibility index (Phi) is 5.52. The van der Waals surface area contributed by atoms with Gasteiger partial charge in [-0.3, -0.25) is 4.79 Å². The van der Waals surface area contributed by atoms with E-state index < -0.39 is 5.97 Å². The van der Waals surface area contributed by atoms with Gasteiger partial charge in [-0.2, -0.15) is 0 Å². The first-order valence-electron chi connectivity index (χ1n) is 4.12. The fraction of sp³-hybridized carbons (Fsp3) is 0.300. The Bertz CT molecular complexity index is 254. The number of carbonyl (C=O) groups is 1. The quantitative estimate of drug-likeness (QED) is 0.495. The highest BCUT2D eigenvalue weighted by Crippen LogP contribution is 2.10. The number of hydrogen-bond donors (Lipinski definition) is 0. The minimum Gasteiger partial charge on any atom is -0.427 e. The summed E-state index contributed by atoms with van der Waals surface area (Å²) in [5.41, 5.74) is 0. The van der Waals surface area contributed by atoms with Gasteiger partial charge >= 0.3 is 5.97 Å². The van der Waals surface area contributed by atoms with Crippen LogP contribution in [-0.2, 0) is 4.79 Å². The summed E-state index contributed by atoms with van der Waals surface area (Å²) in [6.07, 6.45) is 0. The third kappa shape index (κ3) is 4.95. The molecule has 1 rings (SSSR count). The smallest absolute Gasteiger partial charge is 0.308 e. The highest BCUT2D eigenvalue weighted by molar-refractivity contribution is 5.69. The van der Waals surface area contributed by atoms with Crippen molar-refractivity contribution in [3.05, 3.63) is 30.1 Å². The molecule has 1 aromatic rings. The van der Waals surface area contributed by atoms with Gasteiger partial charge in [0.1, 0.15) is 11.6 Å². The van der Waals surface area contributed by atoms with E-state index in [0.29, 0.717) is 5.75 Å². The lowest BCUT2D eigenvalue weighted by Crippen LogP contribution is -2.00. The van der Waals surface area contributed by atoms with Crippen molar-refractivity contribution in [2.24, 2.45) is 0 Å². The van der Waals surface area contributed by atoms with E-state index >= 15 is 0 Å². The zero-order valence-electron chi connectivity index (χ0n) is 8.00. The van der Waals surface area contributed by atoms with Gasteiger partial charge in [-0.05, 0) is 24.3 Å². The van der Waals surface area contributed by atoms with E-state index in [9.17, 15) is 9.18 Å². The molecule has 0 aliphatic heterocycles. The highest BCUT2D eigenvalue weighted by atomic mass is 19.1. The van der Waals surface area contributed by atoms with E-state index in [1.807, 2.05) is 13.8 Å². The molecule has 0 saturated heterocycles. The van der Waals surface area contributed by atoms with E-state index in [0.717, 1.165) is 0 Å². The van der Waals surface area contributed by atoms with Crippen LogP contribution in [0.15, 0.2) is 24.3 Å². The second-order valence-corrected chi connectivity index (χ2v) is 2.05. The standard InChI is InChI=1S/C8H7FO2.C2H6/c1-6(10)11-8-4-2-7(9)3-5-8;1-2/h2-5H,1H3;1-2H3. The van der Waals surface area contributed by atoms with Crippen molar-refractivity contribution in [3.63, 3.8) is 0 Å². The van der Waals surface area contributed by atoms with Crippen LogP contribution in [0, 0.1) is 5.82 Å². The van der Waals surface area contributed by atoms with Gasteiger partial charge in [0.05, 0.1) is 0 Å². The first kappa shape index (κ1) is 11.6. The molecule has 13 heavy (non-hydrogen) atoms. The zero-order valence-corrected chi connectivity index (χ0v) is 8.00. The predicted octanol–water partition coefficient (Wildman–Crippen LogP) is 2.78. The van der Waals surface area contributed by atoms with E-state index in [-0.39, 0.29) is 5.82 Å². The Morgan fingerprint density at radius 1 is 1.23 bits per heavy atom. The van der Waals surface area contributed by atoms with Crippen molar-refractivity contribution in [1.29, 1.82) is 0 Å². The lowest BCUT2D eigenvalue weighted by Gasteiger charge is -1.98. The molecular formula is C10H13FO2. The van der Waals surface area contributed by atoms with Gasteiger partial charge in [0.25, 0.3) is 0 Å². The molecule has 0 bridgehead atoms. The van der Waals surface area contributed by atoms with Crippen molar-refractivity contribution >= 4 is 5.97 Å². The van der Waals surface area contributed by atoms with Crippen LogP contribution >= 0.6 is 0 Å². The Morgan fingerprint density at radius 3 is 2.08 bits per heavy atom. The van der Waals surface area contributed by atoms with Gasteiger partial charge in [0.2, 0.25) is 0 Å². The number of esters is 1. The zero-order chi connectivity index (χ0) is 10.3. The molecule has 1 aromatic carbocycles. The fourth-order valence-corrected chi connectivity index (χ4v) is 0.669. The molecule has 0 aliphatic rings. The molecule has 0 heterocycles. The molecule has 0 aliphatic carbocycles. The van der Waals surface area contributed by atoms with Crippen LogP contribution in [0.5, 0.6) is 5.75 Å². The topological polar surface area (TPSA) is 26.3 Å². The summed E-state index contributed by atoms with van der Waals surface area (Å²) in [6, 6.07) is 5.27. The third-order valence-electron chi connectivity index (χ3n) is 1.08. The summed E-state index contributed by atoms with van der Waals surface area (Å²) in [4.78, 5) is 10.4. The second-order valence-electron chi connectivity index (χ2n) is 2.05. The van der Waals surface area contributed by atoms with E-state index in [4.69, 9.17) is 0 Å². The van der Waals surface area contributed by atoms with Crippen molar-refractivity contribution in [1.82, 2.24) is 0 Å². The summed E-state index contributed by atoms with van der Waals surface area (Å²) < 4.78 is 16.9. The molecule has 0 atom stereocenters. The first-order chi connectivity index (χ1) is 6.18. The molecule has 0 saturated carbocycles. The van der Waals surface area contributed by atoms with Crippen LogP contribution in [0.25, 0.3) is 0 Å². The second kappa shape index (κ2) is 6.17. The number of ether oxygens (including phenoxy) is 1. The van der Waals surface area contributed by atoms with E-state index in [1.54, 1.807) is 0 Å². The van der Waals surface area contributed by atoms with Crippen molar-refractivity contribution < 1.29 is 13.9 Å². The molecule has 0 amide bonds. The van der Waals surface area contributed by atoms with Crippen molar-refractivity contribution in [2.75, 3.05) is 0 Å². The lowest BCUT2D eigenvalue weighted by molar-refractivity contribution is -0.131. The first-order valence-corrected chi connectivity index (χ1v) is 4.12. The molecule has 0 unspecified atom stereocenters. The van der Waals surface area contributed by atoms with Gasteiger partial charge in [0.15, 0.2) is 0 Å². The monoisotopic (exact) mass is 184 g/mol. The summed E-state index contributed by atoms with van der Waals surface area (Å²) in [7, 11) is 0. The molecule has 0 aromatic heterocycles. The number of rotatable bonds is 1. The normalized spacial score (nSPS) is 8.31. The predicted molar refractivity (Wildman–Crippen MR) is 49.1 cm³/mol. The number of halogens is 1.